The molecule has 0 spiro atoms. The Balaban J connectivity index is 0.000000671. The summed E-state index contributed by atoms with van der Waals surface area (Å²) in [5, 5.41) is 0. The SMILES string of the molecule is CC.CCc1nc(C(C)=O)c(C)o1. The largest absolute Gasteiger partial charge is 0.445 e. The van der Waals surface area contributed by atoms with Crippen molar-refractivity contribution in [2.75, 3.05) is 0 Å². The summed E-state index contributed by atoms with van der Waals surface area (Å²) >= 11 is 0. The molecule has 1 aromatic rings. The van der Waals surface area contributed by atoms with Crippen LogP contribution in [0.5, 0.6) is 0 Å². The quantitative estimate of drug-likeness (QED) is 0.662. The molecule has 0 aliphatic rings. The van der Waals surface area contributed by atoms with E-state index in [1.165, 1.54) is 6.92 Å². The molecule has 0 radical (unpaired) electrons. The van der Waals surface area contributed by atoms with Crippen LogP contribution in [0, 0.1) is 6.92 Å². The van der Waals surface area contributed by atoms with Crippen molar-refractivity contribution in [3.05, 3.63) is 17.3 Å². The van der Waals surface area contributed by atoms with Gasteiger partial charge in [-0.2, -0.15) is 0 Å². The van der Waals surface area contributed by atoms with Gasteiger partial charge in [-0.1, -0.05) is 20.8 Å². The monoisotopic (exact) mass is 183 g/mol. The van der Waals surface area contributed by atoms with E-state index in [2.05, 4.69) is 4.98 Å². The van der Waals surface area contributed by atoms with Crippen LogP contribution < -0.4 is 0 Å². The Morgan fingerprint density at radius 2 is 2.00 bits per heavy atom. The summed E-state index contributed by atoms with van der Waals surface area (Å²) in [6.07, 6.45) is 0.730. The van der Waals surface area contributed by atoms with Crippen molar-refractivity contribution >= 4 is 5.78 Å². The molecule has 0 aliphatic carbocycles. The van der Waals surface area contributed by atoms with Crippen LogP contribution in [-0.2, 0) is 6.42 Å². The zero-order valence-electron chi connectivity index (χ0n) is 8.97. The molecule has 1 aromatic heterocycles. The van der Waals surface area contributed by atoms with Gasteiger partial charge in [0.25, 0.3) is 0 Å². The highest BCUT2D eigenvalue weighted by molar-refractivity contribution is 5.92. The fourth-order valence-corrected chi connectivity index (χ4v) is 0.929. The van der Waals surface area contributed by atoms with Gasteiger partial charge in [0.2, 0.25) is 0 Å². The van der Waals surface area contributed by atoms with Crippen LogP contribution in [-0.4, -0.2) is 10.8 Å². The first-order valence-electron chi connectivity index (χ1n) is 4.62. The first-order chi connectivity index (χ1) is 6.15. The summed E-state index contributed by atoms with van der Waals surface area (Å²) in [6, 6.07) is 0. The number of aryl methyl sites for hydroxylation is 2. The molecule has 0 saturated carbocycles. The molecule has 13 heavy (non-hydrogen) atoms. The maximum Gasteiger partial charge on any atom is 0.194 e. The number of oxazole rings is 1. The molecule has 1 heterocycles. The van der Waals surface area contributed by atoms with Crippen LogP contribution in [0.4, 0.5) is 0 Å². The fraction of sp³-hybridized carbons (Fsp3) is 0.600. The molecular formula is C10H17NO2. The van der Waals surface area contributed by atoms with Gasteiger partial charge < -0.3 is 4.42 Å². The molecule has 74 valence electrons. The van der Waals surface area contributed by atoms with E-state index >= 15 is 0 Å². The summed E-state index contributed by atoms with van der Waals surface area (Å²) in [4.78, 5) is 14.9. The van der Waals surface area contributed by atoms with Crippen LogP contribution in [0.1, 0.15) is 49.8 Å². The number of rotatable bonds is 2. The number of aromatic nitrogens is 1. The molecule has 0 amide bonds. The van der Waals surface area contributed by atoms with E-state index < -0.39 is 0 Å². The van der Waals surface area contributed by atoms with Gasteiger partial charge in [0.1, 0.15) is 11.5 Å². The van der Waals surface area contributed by atoms with E-state index in [4.69, 9.17) is 4.42 Å². The summed E-state index contributed by atoms with van der Waals surface area (Å²) in [6.45, 7) is 9.18. The third kappa shape index (κ3) is 3.01. The van der Waals surface area contributed by atoms with Crippen molar-refractivity contribution in [1.82, 2.24) is 4.98 Å². The molecule has 3 heteroatoms. The summed E-state index contributed by atoms with van der Waals surface area (Å²) in [5.74, 6) is 1.22. The van der Waals surface area contributed by atoms with E-state index in [1.807, 2.05) is 20.8 Å². The Morgan fingerprint density at radius 3 is 2.23 bits per heavy atom. The van der Waals surface area contributed by atoms with Crippen LogP contribution in [0.15, 0.2) is 4.42 Å². The van der Waals surface area contributed by atoms with Crippen molar-refractivity contribution in [2.24, 2.45) is 0 Å². The van der Waals surface area contributed by atoms with E-state index in [9.17, 15) is 4.79 Å². The Bertz CT molecular complexity index is 276. The Hall–Kier alpha value is -1.12. The van der Waals surface area contributed by atoms with E-state index in [0.717, 1.165) is 6.42 Å². The fourth-order valence-electron chi connectivity index (χ4n) is 0.929. The lowest BCUT2D eigenvalue weighted by atomic mass is 10.3. The number of hydrogen-bond acceptors (Lipinski definition) is 3. The van der Waals surface area contributed by atoms with Gasteiger partial charge in [-0.15, -0.1) is 0 Å². The lowest BCUT2D eigenvalue weighted by Crippen LogP contribution is -1.94. The third-order valence-corrected chi connectivity index (χ3v) is 1.48. The van der Waals surface area contributed by atoms with Crippen LogP contribution in [0.2, 0.25) is 0 Å². The maximum atomic E-state index is 10.9. The van der Waals surface area contributed by atoms with Crippen molar-refractivity contribution in [2.45, 2.75) is 41.0 Å². The molecule has 0 saturated heterocycles. The van der Waals surface area contributed by atoms with E-state index in [0.29, 0.717) is 17.3 Å². The first kappa shape index (κ1) is 11.9. The van der Waals surface area contributed by atoms with Gasteiger partial charge in [-0.05, 0) is 6.92 Å². The highest BCUT2D eigenvalue weighted by Gasteiger charge is 2.11. The molecule has 0 aromatic carbocycles. The predicted molar refractivity (Wildman–Crippen MR) is 52.0 cm³/mol. The minimum Gasteiger partial charge on any atom is -0.445 e. The molecular weight excluding hydrogens is 166 g/mol. The van der Waals surface area contributed by atoms with Crippen LogP contribution >= 0.6 is 0 Å². The minimum absolute atomic E-state index is 0.0362. The predicted octanol–water partition coefficient (Wildman–Crippen LogP) is 2.77. The Morgan fingerprint density at radius 1 is 1.46 bits per heavy atom. The van der Waals surface area contributed by atoms with Gasteiger partial charge in [-0.3, -0.25) is 4.79 Å². The van der Waals surface area contributed by atoms with Crippen molar-refractivity contribution < 1.29 is 9.21 Å². The van der Waals surface area contributed by atoms with Crippen LogP contribution in [0.3, 0.4) is 0 Å². The molecule has 0 atom stereocenters. The lowest BCUT2D eigenvalue weighted by molar-refractivity contribution is 0.101. The lowest BCUT2D eigenvalue weighted by Gasteiger charge is -1.84. The van der Waals surface area contributed by atoms with E-state index in [1.54, 1.807) is 6.92 Å². The molecule has 0 fully saturated rings. The summed E-state index contributed by atoms with van der Waals surface area (Å²) in [7, 11) is 0. The van der Waals surface area contributed by atoms with Gasteiger partial charge in [0, 0.05) is 13.3 Å². The number of Topliss-reactive ketones (excluding diaryl/α,β-unsaturated/α-hetero) is 1. The second kappa shape index (κ2) is 5.51. The minimum atomic E-state index is -0.0362. The standard InChI is InChI=1S/C8H11NO2.C2H6/c1-4-7-9-8(5(2)10)6(3)11-7;1-2/h4H2,1-3H3;1-2H3. The molecule has 0 unspecified atom stereocenters. The number of hydrogen-bond donors (Lipinski definition) is 0. The molecule has 0 bridgehead atoms. The average molecular weight is 183 g/mol. The average Bonchev–Trinajstić information content (AvgIpc) is 2.50. The van der Waals surface area contributed by atoms with Crippen LogP contribution in [0.25, 0.3) is 0 Å². The smallest absolute Gasteiger partial charge is 0.194 e. The summed E-state index contributed by atoms with van der Waals surface area (Å²) < 4.78 is 5.19. The second-order valence-electron chi connectivity index (χ2n) is 2.42. The summed E-state index contributed by atoms with van der Waals surface area (Å²) in [5.41, 5.74) is 0.460. The molecule has 1 rings (SSSR count). The Kier molecular flexibility index (Phi) is 5.04. The zero-order valence-corrected chi connectivity index (χ0v) is 8.97. The van der Waals surface area contributed by atoms with E-state index in [-0.39, 0.29) is 5.78 Å². The van der Waals surface area contributed by atoms with Gasteiger partial charge >= 0.3 is 0 Å². The maximum absolute atomic E-state index is 10.9. The molecule has 0 aliphatic heterocycles. The first-order valence-corrected chi connectivity index (χ1v) is 4.62. The highest BCUT2D eigenvalue weighted by Crippen LogP contribution is 2.10. The molecule has 3 nitrogen and oxygen atoms in total. The number of ketones is 1. The number of carbonyl (C=O) groups excluding carboxylic acids is 1. The van der Waals surface area contributed by atoms with Crippen molar-refractivity contribution in [3.63, 3.8) is 0 Å². The van der Waals surface area contributed by atoms with Crippen molar-refractivity contribution in [1.29, 1.82) is 0 Å². The second-order valence-corrected chi connectivity index (χ2v) is 2.42. The normalized spacial score (nSPS) is 9.00. The van der Waals surface area contributed by atoms with Gasteiger partial charge in [0.15, 0.2) is 11.7 Å². The highest BCUT2D eigenvalue weighted by atomic mass is 16.4. The van der Waals surface area contributed by atoms with Crippen molar-refractivity contribution in [3.8, 4) is 0 Å². The Labute approximate surface area is 79.2 Å². The number of carbonyl (C=O) groups is 1. The topological polar surface area (TPSA) is 43.1 Å². The van der Waals surface area contributed by atoms with Gasteiger partial charge in [0.05, 0.1) is 0 Å². The number of nitrogens with zero attached hydrogens (tertiary/aromatic N) is 1. The molecule has 0 N–H and O–H groups in total. The zero-order chi connectivity index (χ0) is 10.4. The van der Waals surface area contributed by atoms with Gasteiger partial charge in [-0.25, -0.2) is 4.98 Å². The third-order valence-electron chi connectivity index (χ3n) is 1.48.